The fourth-order valence-electron chi connectivity index (χ4n) is 2.16. The molecule has 0 radical (unpaired) electrons. The van der Waals surface area contributed by atoms with Crippen molar-refractivity contribution < 1.29 is 14.3 Å². The summed E-state index contributed by atoms with van der Waals surface area (Å²) in [7, 11) is 0. The number of carboxylic acid groups (broad SMARTS) is 1. The van der Waals surface area contributed by atoms with Crippen molar-refractivity contribution in [3.05, 3.63) is 18.1 Å². The van der Waals surface area contributed by atoms with E-state index in [1.807, 2.05) is 20.8 Å². The highest BCUT2D eigenvalue weighted by Gasteiger charge is 2.40. The summed E-state index contributed by atoms with van der Waals surface area (Å²) in [6.45, 7) is 5.43. The summed E-state index contributed by atoms with van der Waals surface area (Å²) in [6.07, 6.45) is 2.32. The van der Waals surface area contributed by atoms with E-state index in [1.54, 1.807) is 6.07 Å². The van der Waals surface area contributed by atoms with Gasteiger partial charge in [-0.1, -0.05) is 13.8 Å². The Labute approximate surface area is 110 Å². The first-order valence-electron chi connectivity index (χ1n) is 6.13. The maximum absolute atomic E-state index is 11.6. The van der Waals surface area contributed by atoms with Crippen LogP contribution in [-0.4, -0.2) is 31.3 Å². The summed E-state index contributed by atoms with van der Waals surface area (Å²) in [6, 6.07) is 1.78. The van der Waals surface area contributed by atoms with Crippen molar-refractivity contribution in [1.29, 1.82) is 0 Å². The van der Waals surface area contributed by atoms with Crippen LogP contribution in [0.5, 0.6) is 0 Å². The lowest BCUT2D eigenvalue weighted by atomic mass is 9.93. The average Bonchev–Trinajstić information content (AvgIpc) is 3.00. The Morgan fingerprint density at radius 1 is 1.47 bits per heavy atom. The Morgan fingerprint density at radius 2 is 2.16 bits per heavy atom. The molecular weight excluding hydrogens is 248 g/mol. The molecule has 0 atom stereocenters. The molecule has 19 heavy (non-hydrogen) atoms. The highest BCUT2D eigenvalue weighted by atomic mass is 16.4. The quantitative estimate of drug-likeness (QED) is 0.885. The third kappa shape index (κ3) is 2.00. The molecule has 0 aliphatic rings. The lowest BCUT2D eigenvalue weighted by molar-refractivity contribution is -0.148. The van der Waals surface area contributed by atoms with Crippen molar-refractivity contribution in [3.63, 3.8) is 0 Å². The largest absolute Gasteiger partial charge is 0.479 e. The van der Waals surface area contributed by atoms with Gasteiger partial charge in [0, 0.05) is 0 Å². The van der Waals surface area contributed by atoms with Crippen LogP contribution in [0.2, 0.25) is 0 Å². The molecule has 0 spiro atoms. The summed E-state index contributed by atoms with van der Waals surface area (Å²) in [5, 5.41) is 20.9. The molecule has 2 aromatic heterocycles. The Bertz CT molecular complexity index is 583. The van der Waals surface area contributed by atoms with Crippen molar-refractivity contribution in [2.45, 2.75) is 39.2 Å². The van der Waals surface area contributed by atoms with Crippen molar-refractivity contribution in [3.8, 4) is 11.4 Å². The Morgan fingerprint density at radius 3 is 2.63 bits per heavy atom. The van der Waals surface area contributed by atoms with Crippen LogP contribution in [0.1, 0.15) is 32.4 Å². The molecule has 0 bridgehead atoms. The number of aryl methyl sites for hydroxylation is 1. The minimum Gasteiger partial charge on any atom is -0.479 e. The van der Waals surface area contributed by atoms with Crippen molar-refractivity contribution >= 4 is 5.97 Å². The predicted octanol–water partition coefficient (Wildman–Crippen LogP) is 1.84. The second-order valence-corrected chi connectivity index (χ2v) is 4.40. The van der Waals surface area contributed by atoms with E-state index in [0.29, 0.717) is 24.2 Å². The molecule has 7 heteroatoms. The number of aromatic nitrogens is 4. The monoisotopic (exact) mass is 264 g/mol. The number of aliphatic carboxylic acids is 1. The van der Waals surface area contributed by atoms with Gasteiger partial charge in [0.15, 0.2) is 11.4 Å². The molecule has 2 heterocycles. The van der Waals surface area contributed by atoms with E-state index < -0.39 is 11.5 Å². The molecular formula is C12H16N4O3. The number of furan rings is 1. The molecule has 2 rings (SSSR count). The van der Waals surface area contributed by atoms with E-state index in [9.17, 15) is 9.90 Å². The van der Waals surface area contributed by atoms with Crippen molar-refractivity contribution in [1.82, 2.24) is 20.2 Å². The Hall–Kier alpha value is -2.18. The van der Waals surface area contributed by atoms with Gasteiger partial charge in [-0.25, -0.2) is 9.48 Å². The van der Waals surface area contributed by atoms with Crippen molar-refractivity contribution in [2.24, 2.45) is 0 Å². The molecule has 0 aromatic carbocycles. The first-order valence-corrected chi connectivity index (χ1v) is 6.13. The van der Waals surface area contributed by atoms with Gasteiger partial charge >= 0.3 is 5.97 Å². The minimum atomic E-state index is -1.13. The van der Waals surface area contributed by atoms with Crippen molar-refractivity contribution in [2.75, 3.05) is 0 Å². The van der Waals surface area contributed by atoms with Crippen LogP contribution in [0.3, 0.4) is 0 Å². The van der Waals surface area contributed by atoms with Gasteiger partial charge in [-0.3, -0.25) is 0 Å². The van der Waals surface area contributed by atoms with Crippen LogP contribution in [0.4, 0.5) is 0 Å². The lowest BCUT2D eigenvalue weighted by Crippen LogP contribution is -2.42. The van der Waals surface area contributed by atoms with Gasteiger partial charge in [-0.2, -0.15) is 0 Å². The van der Waals surface area contributed by atoms with Crippen LogP contribution in [0.25, 0.3) is 11.4 Å². The summed E-state index contributed by atoms with van der Waals surface area (Å²) in [5.41, 5.74) is -0.459. The summed E-state index contributed by atoms with van der Waals surface area (Å²) >= 11 is 0. The molecule has 1 N–H and O–H groups in total. The molecule has 0 aliphatic carbocycles. The molecule has 102 valence electrons. The second kappa shape index (κ2) is 4.83. The van der Waals surface area contributed by atoms with Gasteiger partial charge in [-0.05, 0) is 36.3 Å². The summed E-state index contributed by atoms with van der Waals surface area (Å²) in [4.78, 5) is 11.6. The van der Waals surface area contributed by atoms with Crippen LogP contribution >= 0.6 is 0 Å². The molecule has 0 saturated carbocycles. The smallest absolute Gasteiger partial charge is 0.331 e. The maximum Gasteiger partial charge on any atom is 0.331 e. The van der Waals surface area contributed by atoms with Gasteiger partial charge < -0.3 is 9.52 Å². The maximum atomic E-state index is 11.6. The van der Waals surface area contributed by atoms with Gasteiger partial charge in [0.2, 0.25) is 0 Å². The van der Waals surface area contributed by atoms with E-state index in [2.05, 4.69) is 15.5 Å². The van der Waals surface area contributed by atoms with Crippen LogP contribution < -0.4 is 0 Å². The third-order valence-electron chi connectivity index (χ3n) is 3.43. The standard InChI is InChI=1S/C12H16N4O3/c1-4-12(5-2,11(17)18)16-10(13-14-15-16)9-6-8(3)19-7-9/h6-7H,4-5H2,1-3H3,(H,17,18). The zero-order valence-corrected chi connectivity index (χ0v) is 11.1. The SMILES string of the molecule is CCC(CC)(C(=O)O)n1nnnc1-c1coc(C)c1. The third-order valence-corrected chi connectivity index (χ3v) is 3.43. The summed E-state index contributed by atoms with van der Waals surface area (Å²) in [5.74, 6) is 0.188. The van der Waals surface area contributed by atoms with Gasteiger partial charge in [0.05, 0.1) is 5.56 Å². The fraction of sp³-hybridized carbons (Fsp3) is 0.500. The Kier molecular flexibility index (Phi) is 3.37. The normalized spacial score (nSPS) is 11.7. The Balaban J connectivity index is 2.57. The highest BCUT2D eigenvalue weighted by molar-refractivity contribution is 5.77. The van der Waals surface area contributed by atoms with Gasteiger partial charge in [-0.15, -0.1) is 5.10 Å². The number of tetrazole rings is 1. The summed E-state index contributed by atoms with van der Waals surface area (Å²) < 4.78 is 6.60. The van der Waals surface area contributed by atoms with Gasteiger partial charge in [0.25, 0.3) is 0 Å². The number of nitrogens with zero attached hydrogens (tertiary/aromatic N) is 4. The topological polar surface area (TPSA) is 94.0 Å². The second-order valence-electron chi connectivity index (χ2n) is 4.40. The average molecular weight is 264 g/mol. The van der Waals surface area contributed by atoms with Crippen LogP contribution in [0.15, 0.2) is 16.7 Å². The first-order chi connectivity index (χ1) is 9.05. The number of rotatable bonds is 5. The molecule has 0 saturated heterocycles. The first kappa shape index (κ1) is 13.3. The van der Waals surface area contributed by atoms with E-state index in [4.69, 9.17) is 4.42 Å². The van der Waals surface area contributed by atoms with Crippen LogP contribution in [0, 0.1) is 6.92 Å². The number of hydrogen-bond donors (Lipinski definition) is 1. The van der Waals surface area contributed by atoms with E-state index >= 15 is 0 Å². The zero-order chi connectivity index (χ0) is 14.0. The minimum absolute atomic E-state index is 0.397. The van der Waals surface area contributed by atoms with Gasteiger partial charge in [0.1, 0.15) is 12.0 Å². The molecule has 0 fully saturated rings. The number of carbonyl (C=O) groups is 1. The molecule has 0 amide bonds. The number of carboxylic acids is 1. The molecule has 7 nitrogen and oxygen atoms in total. The predicted molar refractivity (Wildman–Crippen MR) is 66.4 cm³/mol. The molecule has 2 aromatic rings. The van der Waals surface area contributed by atoms with E-state index in [-0.39, 0.29) is 0 Å². The molecule has 0 unspecified atom stereocenters. The zero-order valence-electron chi connectivity index (χ0n) is 11.1. The molecule has 0 aliphatic heterocycles. The van der Waals surface area contributed by atoms with E-state index in [1.165, 1.54) is 10.9 Å². The highest BCUT2D eigenvalue weighted by Crippen LogP contribution is 2.30. The lowest BCUT2D eigenvalue weighted by Gasteiger charge is -2.27. The van der Waals surface area contributed by atoms with Crippen LogP contribution in [-0.2, 0) is 10.3 Å². The van der Waals surface area contributed by atoms with E-state index in [0.717, 1.165) is 5.76 Å². The fourth-order valence-corrected chi connectivity index (χ4v) is 2.16. The number of hydrogen-bond acceptors (Lipinski definition) is 5.